The van der Waals surface area contributed by atoms with Gasteiger partial charge in [0.15, 0.2) is 0 Å². The van der Waals surface area contributed by atoms with Gasteiger partial charge in [0.2, 0.25) is 0 Å². The van der Waals surface area contributed by atoms with Crippen molar-refractivity contribution >= 4 is 0 Å². The number of hydrogen-bond acceptors (Lipinski definition) is 2. The average molecular weight is 211 g/mol. The lowest BCUT2D eigenvalue weighted by molar-refractivity contribution is 0.00480. The molecule has 15 heavy (non-hydrogen) atoms. The second kappa shape index (κ2) is 4.84. The first kappa shape index (κ1) is 11.4. The van der Waals surface area contributed by atoms with E-state index in [0.29, 0.717) is 11.5 Å². The van der Waals surface area contributed by atoms with Crippen LogP contribution in [-0.4, -0.2) is 25.8 Å². The quantitative estimate of drug-likeness (QED) is 0.754. The van der Waals surface area contributed by atoms with E-state index in [0.717, 1.165) is 12.5 Å². The summed E-state index contributed by atoms with van der Waals surface area (Å²) in [5.41, 5.74) is 0.603. The van der Waals surface area contributed by atoms with Gasteiger partial charge in [-0.25, -0.2) is 0 Å². The van der Waals surface area contributed by atoms with Gasteiger partial charge < -0.3 is 10.1 Å². The third kappa shape index (κ3) is 2.54. The van der Waals surface area contributed by atoms with Crippen molar-refractivity contribution in [3.8, 4) is 0 Å². The van der Waals surface area contributed by atoms with Gasteiger partial charge in [-0.15, -0.1) is 0 Å². The van der Waals surface area contributed by atoms with Crippen LogP contribution in [0.4, 0.5) is 0 Å². The van der Waals surface area contributed by atoms with Gasteiger partial charge in [-0.2, -0.15) is 0 Å². The molecule has 0 atom stereocenters. The first-order valence-corrected chi connectivity index (χ1v) is 6.55. The second-order valence-corrected chi connectivity index (χ2v) is 5.62. The molecule has 2 rings (SSSR count). The van der Waals surface area contributed by atoms with E-state index in [1.807, 2.05) is 0 Å². The second-order valence-electron chi connectivity index (χ2n) is 5.62. The summed E-state index contributed by atoms with van der Waals surface area (Å²) in [4.78, 5) is 0. The predicted molar refractivity (Wildman–Crippen MR) is 63.0 cm³/mol. The first-order chi connectivity index (χ1) is 7.23. The maximum Gasteiger partial charge on any atom is 0.0518 e. The van der Waals surface area contributed by atoms with Crippen LogP contribution in [0.3, 0.4) is 0 Å². The van der Waals surface area contributed by atoms with Gasteiger partial charge in [0.1, 0.15) is 0 Å². The molecule has 1 aliphatic carbocycles. The Morgan fingerprint density at radius 1 is 1.27 bits per heavy atom. The fourth-order valence-corrected chi connectivity index (χ4v) is 3.15. The van der Waals surface area contributed by atoms with Crippen LogP contribution < -0.4 is 5.32 Å². The highest BCUT2D eigenvalue weighted by atomic mass is 16.5. The Balaban J connectivity index is 1.79. The summed E-state index contributed by atoms with van der Waals surface area (Å²) < 4.78 is 5.71. The minimum Gasteiger partial charge on any atom is -0.379 e. The van der Waals surface area contributed by atoms with Crippen LogP contribution in [0.2, 0.25) is 0 Å². The van der Waals surface area contributed by atoms with Crippen molar-refractivity contribution in [1.82, 2.24) is 5.32 Å². The van der Waals surface area contributed by atoms with E-state index in [1.165, 1.54) is 45.2 Å². The predicted octanol–water partition coefficient (Wildman–Crippen LogP) is 2.58. The van der Waals surface area contributed by atoms with E-state index in [2.05, 4.69) is 19.2 Å². The Kier molecular flexibility index (Phi) is 3.68. The van der Waals surface area contributed by atoms with E-state index >= 15 is 0 Å². The Morgan fingerprint density at radius 2 is 1.93 bits per heavy atom. The molecule has 0 unspecified atom stereocenters. The molecule has 0 aromatic carbocycles. The van der Waals surface area contributed by atoms with Gasteiger partial charge in [-0.3, -0.25) is 0 Å². The topological polar surface area (TPSA) is 21.3 Å². The summed E-state index contributed by atoms with van der Waals surface area (Å²) in [6, 6.07) is 0. The van der Waals surface area contributed by atoms with Gasteiger partial charge in [0.05, 0.1) is 6.10 Å². The van der Waals surface area contributed by atoms with Crippen LogP contribution in [0.5, 0.6) is 0 Å². The zero-order valence-electron chi connectivity index (χ0n) is 10.2. The zero-order chi connectivity index (χ0) is 10.7. The van der Waals surface area contributed by atoms with E-state index in [-0.39, 0.29) is 0 Å². The highest BCUT2D eigenvalue weighted by molar-refractivity contribution is 4.98. The molecule has 2 heteroatoms. The Hall–Kier alpha value is -0.0800. The fourth-order valence-electron chi connectivity index (χ4n) is 3.15. The highest BCUT2D eigenvalue weighted by Crippen LogP contribution is 2.44. The average Bonchev–Trinajstić information content (AvgIpc) is 2.62. The van der Waals surface area contributed by atoms with Gasteiger partial charge in [0, 0.05) is 25.1 Å². The van der Waals surface area contributed by atoms with Crippen molar-refractivity contribution in [1.29, 1.82) is 0 Å². The smallest absolute Gasteiger partial charge is 0.0518 e. The maximum atomic E-state index is 5.71. The van der Waals surface area contributed by atoms with Crippen LogP contribution in [0.15, 0.2) is 0 Å². The van der Waals surface area contributed by atoms with Gasteiger partial charge in [-0.1, -0.05) is 12.8 Å². The normalized spacial score (nSPS) is 25.8. The summed E-state index contributed by atoms with van der Waals surface area (Å²) in [5.74, 6) is 0.981. The fraction of sp³-hybridized carbons (Fsp3) is 1.00. The molecule has 0 aromatic heterocycles. The third-order valence-electron chi connectivity index (χ3n) is 4.23. The van der Waals surface area contributed by atoms with Crippen molar-refractivity contribution < 1.29 is 4.74 Å². The van der Waals surface area contributed by atoms with Crippen LogP contribution in [0, 0.1) is 11.3 Å². The summed E-state index contributed by atoms with van der Waals surface area (Å²) >= 11 is 0. The van der Waals surface area contributed by atoms with Crippen LogP contribution >= 0.6 is 0 Å². The lowest BCUT2D eigenvalue weighted by atomic mass is 9.68. The van der Waals surface area contributed by atoms with Crippen LogP contribution in [0.25, 0.3) is 0 Å². The van der Waals surface area contributed by atoms with Gasteiger partial charge in [-0.05, 0) is 39.0 Å². The molecule has 1 saturated heterocycles. The van der Waals surface area contributed by atoms with Crippen LogP contribution in [-0.2, 0) is 4.74 Å². The Bertz CT molecular complexity index is 193. The minimum atomic E-state index is 0.388. The summed E-state index contributed by atoms with van der Waals surface area (Å²) in [7, 11) is 0. The van der Waals surface area contributed by atoms with Crippen molar-refractivity contribution in [2.75, 3.05) is 19.7 Å². The highest BCUT2D eigenvalue weighted by Gasteiger charge is 2.44. The summed E-state index contributed by atoms with van der Waals surface area (Å²) in [6.45, 7) is 7.68. The van der Waals surface area contributed by atoms with Gasteiger partial charge in [0.25, 0.3) is 0 Å². The number of nitrogens with one attached hydrogen (secondary N) is 1. The summed E-state index contributed by atoms with van der Waals surface area (Å²) in [6.07, 6.45) is 7.49. The lowest BCUT2D eigenvalue weighted by Crippen LogP contribution is -2.57. The number of rotatable bonds is 5. The number of hydrogen-bond donors (Lipinski definition) is 1. The third-order valence-corrected chi connectivity index (χ3v) is 4.23. The van der Waals surface area contributed by atoms with Crippen molar-refractivity contribution in [2.24, 2.45) is 11.3 Å². The summed E-state index contributed by atoms with van der Waals surface area (Å²) in [5, 5.41) is 3.46. The molecule has 1 N–H and O–H groups in total. The molecule has 0 aromatic rings. The van der Waals surface area contributed by atoms with Crippen LogP contribution in [0.1, 0.15) is 46.0 Å². The molecule has 1 saturated carbocycles. The molecule has 1 aliphatic heterocycles. The molecule has 2 nitrogen and oxygen atoms in total. The van der Waals surface area contributed by atoms with Gasteiger partial charge >= 0.3 is 0 Å². The molecular formula is C13H25NO. The van der Waals surface area contributed by atoms with Crippen molar-refractivity contribution in [3.63, 3.8) is 0 Å². The lowest BCUT2D eigenvalue weighted by Gasteiger charge is -2.47. The molecule has 0 amide bonds. The number of ether oxygens (including phenoxy) is 1. The zero-order valence-corrected chi connectivity index (χ0v) is 10.2. The van der Waals surface area contributed by atoms with Crippen molar-refractivity contribution in [2.45, 2.75) is 52.1 Å². The Labute approximate surface area is 93.8 Å². The standard InChI is InChI=1S/C13H25NO/c1-11(2)15-8-7-13(9-14-10-13)12-5-3-4-6-12/h11-12,14H,3-10H2,1-2H3. The molecule has 1 heterocycles. The minimum absolute atomic E-state index is 0.388. The molecule has 2 aliphatic rings. The molecular weight excluding hydrogens is 186 g/mol. The molecule has 0 spiro atoms. The van der Waals surface area contributed by atoms with E-state index in [9.17, 15) is 0 Å². The van der Waals surface area contributed by atoms with E-state index in [1.54, 1.807) is 0 Å². The molecule has 0 bridgehead atoms. The molecule has 2 fully saturated rings. The molecule has 88 valence electrons. The first-order valence-electron chi connectivity index (χ1n) is 6.55. The monoisotopic (exact) mass is 211 g/mol. The molecule has 0 radical (unpaired) electrons. The Morgan fingerprint density at radius 3 is 2.40 bits per heavy atom. The van der Waals surface area contributed by atoms with E-state index < -0.39 is 0 Å². The maximum absolute atomic E-state index is 5.71. The largest absolute Gasteiger partial charge is 0.379 e. The van der Waals surface area contributed by atoms with Crippen molar-refractivity contribution in [3.05, 3.63) is 0 Å². The SMILES string of the molecule is CC(C)OCCC1(C2CCCC2)CNC1. The van der Waals surface area contributed by atoms with E-state index in [4.69, 9.17) is 4.74 Å².